The zero-order valence-corrected chi connectivity index (χ0v) is 12.8. The fourth-order valence-corrected chi connectivity index (χ4v) is 4.34. The lowest BCUT2D eigenvalue weighted by Gasteiger charge is -2.48. The van der Waals surface area contributed by atoms with Crippen LogP contribution in [0.1, 0.15) is 51.5 Å². The minimum absolute atomic E-state index is 0.0218. The Balaban J connectivity index is 1.86. The van der Waals surface area contributed by atoms with Crippen LogP contribution in [0.5, 0.6) is 5.75 Å². The molecule has 2 aliphatic heterocycles. The molecule has 3 unspecified atom stereocenters. The predicted molar refractivity (Wildman–Crippen MR) is 81.8 cm³/mol. The number of ketones is 1. The van der Waals surface area contributed by atoms with Gasteiger partial charge in [-0.05, 0) is 30.4 Å². The monoisotopic (exact) mass is 283 g/mol. The average Bonchev–Trinajstić information content (AvgIpc) is 2.35. The molecule has 0 amide bonds. The highest BCUT2D eigenvalue weighted by Crippen LogP contribution is 2.52. The SMILES string of the molecule is CC1(C)CC(=O)C2C(=NC3(C)CC2c2ccccc2O3)C1. The molecule has 1 aliphatic carbocycles. The van der Waals surface area contributed by atoms with Crippen molar-refractivity contribution in [2.75, 3.05) is 0 Å². The van der Waals surface area contributed by atoms with Gasteiger partial charge in [0, 0.05) is 24.5 Å². The Labute approximate surface area is 125 Å². The average molecular weight is 283 g/mol. The standard InChI is InChI=1S/C18H21NO2/c1-17(2)9-13-16(14(20)10-17)12-8-18(3,19-13)21-15-7-5-4-6-11(12)15/h4-7,12,16H,8-10H2,1-3H3. The maximum atomic E-state index is 12.7. The number of hydrogen-bond donors (Lipinski definition) is 0. The largest absolute Gasteiger partial charge is 0.466 e. The number of nitrogens with zero attached hydrogens (tertiary/aromatic N) is 1. The second-order valence-corrected chi connectivity index (χ2v) is 7.69. The first-order chi connectivity index (χ1) is 9.87. The topological polar surface area (TPSA) is 38.7 Å². The fourth-order valence-electron chi connectivity index (χ4n) is 4.34. The van der Waals surface area contributed by atoms with Crippen molar-refractivity contribution in [3.8, 4) is 5.75 Å². The molecule has 0 radical (unpaired) electrons. The Kier molecular flexibility index (Phi) is 2.46. The van der Waals surface area contributed by atoms with Gasteiger partial charge >= 0.3 is 0 Å². The summed E-state index contributed by atoms with van der Waals surface area (Å²) in [6.45, 7) is 6.36. The number of ether oxygens (including phenoxy) is 1. The molecule has 3 atom stereocenters. The third-order valence-electron chi connectivity index (χ3n) is 5.05. The van der Waals surface area contributed by atoms with E-state index in [1.165, 1.54) is 5.56 Å². The molecule has 3 aliphatic rings. The second kappa shape index (κ2) is 3.96. The van der Waals surface area contributed by atoms with Gasteiger partial charge in [0.1, 0.15) is 11.5 Å². The Bertz CT molecular complexity index is 661. The zero-order valence-electron chi connectivity index (χ0n) is 12.8. The van der Waals surface area contributed by atoms with Crippen LogP contribution in [0.2, 0.25) is 0 Å². The molecular formula is C18H21NO2. The first kappa shape index (κ1) is 13.1. The molecule has 1 aromatic rings. The Morgan fingerprint density at radius 1 is 1.19 bits per heavy atom. The molecule has 1 fully saturated rings. The number of carbonyl (C=O) groups is 1. The van der Waals surface area contributed by atoms with Crippen LogP contribution in [0.3, 0.4) is 0 Å². The maximum absolute atomic E-state index is 12.7. The molecule has 3 heteroatoms. The molecule has 0 saturated heterocycles. The van der Waals surface area contributed by atoms with E-state index >= 15 is 0 Å². The lowest BCUT2D eigenvalue weighted by atomic mass is 9.63. The van der Waals surface area contributed by atoms with Crippen molar-refractivity contribution in [2.24, 2.45) is 16.3 Å². The Morgan fingerprint density at radius 3 is 2.76 bits per heavy atom. The normalized spacial score (nSPS) is 36.1. The van der Waals surface area contributed by atoms with Gasteiger partial charge in [-0.15, -0.1) is 0 Å². The van der Waals surface area contributed by atoms with E-state index in [9.17, 15) is 4.79 Å². The Hall–Kier alpha value is -1.64. The number of benzene rings is 1. The van der Waals surface area contributed by atoms with Crippen molar-refractivity contribution < 1.29 is 9.53 Å². The van der Waals surface area contributed by atoms with Gasteiger partial charge in [-0.2, -0.15) is 0 Å². The first-order valence-corrected chi connectivity index (χ1v) is 7.76. The number of carbonyl (C=O) groups excluding carboxylic acids is 1. The molecule has 2 heterocycles. The molecule has 2 bridgehead atoms. The van der Waals surface area contributed by atoms with Crippen molar-refractivity contribution in [1.29, 1.82) is 0 Å². The quantitative estimate of drug-likeness (QED) is 0.727. The smallest absolute Gasteiger partial charge is 0.197 e. The number of fused-ring (bicyclic) bond motifs is 6. The van der Waals surface area contributed by atoms with Crippen molar-refractivity contribution in [1.82, 2.24) is 0 Å². The molecule has 1 saturated carbocycles. The minimum Gasteiger partial charge on any atom is -0.466 e. The van der Waals surface area contributed by atoms with E-state index in [1.54, 1.807) is 0 Å². The van der Waals surface area contributed by atoms with Gasteiger partial charge in [0.25, 0.3) is 0 Å². The van der Waals surface area contributed by atoms with Crippen LogP contribution in [-0.2, 0) is 4.79 Å². The van der Waals surface area contributed by atoms with E-state index in [4.69, 9.17) is 9.73 Å². The summed E-state index contributed by atoms with van der Waals surface area (Å²) in [4.78, 5) is 17.6. The highest BCUT2D eigenvalue weighted by Gasteiger charge is 2.51. The second-order valence-electron chi connectivity index (χ2n) is 7.69. The maximum Gasteiger partial charge on any atom is 0.197 e. The highest BCUT2D eigenvalue weighted by molar-refractivity contribution is 6.09. The third kappa shape index (κ3) is 1.94. The Morgan fingerprint density at radius 2 is 1.95 bits per heavy atom. The lowest BCUT2D eigenvalue weighted by molar-refractivity contribution is -0.125. The molecule has 0 N–H and O–H groups in total. The summed E-state index contributed by atoms with van der Waals surface area (Å²) in [6, 6.07) is 8.13. The zero-order chi connectivity index (χ0) is 14.8. The van der Waals surface area contributed by atoms with Gasteiger partial charge in [0.2, 0.25) is 0 Å². The van der Waals surface area contributed by atoms with Crippen LogP contribution < -0.4 is 4.74 Å². The lowest BCUT2D eigenvalue weighted by Crippen LogP contribution is -2.51. The summed E-state index contributed by atoms with van der Waals surface area (Å²) < 4.78 is 6.14. The summed E-state index contributed by atoms with van der Waals surface area (Å²) >= 11 is 0. The van der Waals surface area contributed by atoms with Crippen LogP contribution >= 0.6 is 0 Å². The number of hydrogen-bond acceptors (Lipinski definition) is 3. The van der Waals surface area contributed by atoms with Crippen molar-refractivity contribution in [3.63, 3.8) is 0 Å². The summed E-state index contributed by atoms with van der Waals surface area (Å²) in [5, 5.41) is 0. The van der Waals surface area contributed by atoms with Crippen molar-refractivity contribution in [2.45, 2.75) is 51.7 Å². The van der Waals surface area contributed by atoms with Gasteiger partial charge in [0.15, 0.2) is 5.72 Å². The van der Waals surface area contributed by atoms with Crippen molar-refractivity contribution in [3.05, 3.63) is 29.8 Å². The summed E-state index contributed by atoms with van der Waals surface area (Å²) in [5.41, 5.74) is 1.76. The predicted octanol–water partition coefficient (Wildman–Crippen LogP) is 3.73. The molecule has 110 valence electrons. The van der Waals surface area contributed by atoms with Crippen LogP contribution in [0.25, 0.3) is 0 Å². The molecule has 4 rings (SSSR count). The van der Waals surface area contributed by atoms with Crippen LogP contribution in [0, 0.1) is 11.3 Å². The van der Waals surface area contributed by atoms with Crippen molar-refractivity contribution >= 4 is 11.5 Å². The van der Waals surface area contributed by atoms with E-state index < -0.39 is 5.72 Å². The van der Waals surface area contributed by atoms with E-state index in [2.05, 4.69) is 19.9 Å². The molecule has 0 spiro atoms. The van der Waals surface area contributed by atoms with E-state index in [0.717, 1.165) is 24.3 Å². The summed E-state index contributed by atoms with van der Waals surface area (Å²) in [5.74, 6) is 1.46. The number of para-hydroxylation sites is 1. The van der Waals surface area contributed by atoms with E-state index in [0.29, 0.717) is 12.2 Å². The van der Waals surface area contributed by atoms with Crippen LogP contribution in [0.4, 0.5) is 0 Å². The fraction of sp³-hybridized carbons (Fsp3) is 0.556. The molecule has 3 nitrogen and oxygen atoms in total. The molecule has 1 aromatic carbocycles. The van der Waals surface area contributed by atoms with Gasteiger partial charge < -0.3 is 4.74 Å². The first-order valence-electron chi connectivity index (χ1n) is 7.76. The summed E-state index contributed by atoms with van der Waals surface area (Å²) in [6.07, 6.45) is 2.37. The van der Waals surface area contributed by atoms with E-state index in [1.807, 2.05) is 25.1 Å². The highest BCUT2D eigenvalue weighted by atomic mass is 16.5. The van der Waals surface area contributed by atoms with Gasteiger partial charge in [-0.25, -0.2) is 4.99 Å². The molecule has 0 aromatic heterocycles. The number of Topliss-reactive ketones (excluding diaryl/α,β-unsaturated/α-hetero) is 1. The molecular weight excluding hydrogens is 262 g/mol. The number of aliphatic imine (C=N–C) groups is 1. The van der Waals surface area contributed by atoms with Crippen LogP contribution in [-0.4, -0.2) is 17.2 Å². The number of rotatable bonds is 0. The summed E-state index contributed by atoms with van der Waals surface area (Å²) in [7, 11) is 0. The minimum atomic E-state index is -0.501. The van der Waals surface area contributed by atoms with Gasteiger partial charge in [-0.1, -0.05) is 32.0 Å². The van der Waals surface area contributed by atoms with Gasteiger partial charge in [-0.3, -0.25) is 4.79 Å². The molecule has 21 heavy (non-hydrogen) atoms. The van der Waals surface area contributed by atoms with Crippen LogP contribution in [0.15, 0.2) is 29.3 Å². The third-order valence-corrected chi connectivity index (χ3v) is 5.05. The van der Waals surface area contributed by atoms with Gasteiger partial charge in [0.05, 0.1) is 5.92 Å². The van der Waals surface area contributed by atoms with E-state index in [-0.39, 0.29) is 17.3 Å².